The molecule has 3 rings (SSSR count). The molecule has 17 nitrogen and oxygen atoms in total. The SMILES string of the molecule is CNCCO[C@H]1O[C@H](CO[C@H]2O[C@H](CO)[C@@H](O)C(O)[C@@H]2O)[C@@H](O)[C@H](O[C@H]2O[C@H](CO)[C@@H](O)[C@H](O)[C@@H]2O)[C@@H]1O. The quantitative estimate of drug-likeness (QED) is 0.105. The summed E-state index contributed by atoms with van der Waals surface area (Å²) < 4.78 is 32.8. The minimum Gasteiger partial charge on any atom is -0.394 e. The van der Waals surface area contributed by atoms with Gasteiger partial charge in [0.1, 0.15) is 73.2 Å². The maximum Gasteiger partial charge on any atom is 0.187 e. The van der Waals surface area contributed by atoms with Gasteiger partial charge in [0.25, 0.3) is 0 Å². The van der Waals surface area contributed by atoms with Gasteiger partial charge in [0.2, 0.25) is 0 Å². The molecule has 224 valence electrons. The van der Waals surface area contributed by atoms with E-state index in [-0.39, 0.29) is 6.61 Å². The van der Waals surface area contributed by atoms with Crippen molar-refractivity contribution in [3.63, 3.8) is 0 Å². The minimum absolute atomic E-state index is 0.0569. The second-order valence-electron chi connectivity index (χ2n) is 9.33. The van der Waals surface area contributed by atoms with E-state index in [9.17, 15) is 51.1 Å². The molecule has 0 radical (unpaired) electrons. The lowest BCUT2D eigenvalue weighted by atomic mass is 9.96. The predicted octanol–water partition coefficient (Wildman–Crippen LogP) is -7.33. The van der Waals surface area contributed by atoms with E-state index in [0.717, 1.165) is 0 Å². The fourth-order valence-electron chi connectivity index (χ4n) is 4.35. The molecule has 15 atom stereocenters. The topological polar surface area (TPSA) is 270 Å². The monoisotopic (exact) mass is 561 g/mol. The number of aliphatic hydroxyl groups is 10. The van der Waals surface area contributed by atoms with Crippen molar-refractivity contribution in [1.29, 1.82) is 0 Å². The lowest BCUT2D eigenvalue weighted by Gasteiger charge is -2.46. The van der Waals surface area contributed by atoms with Crippen LogP contribution in [0.2, 0.25) is 0 Å². The van der Waals surface area contributed by atoms with Gasteiger partial charge in [0.15, 0.2) is 18.9 Å². The van der Waals surface area contributed by atoms with Gasteiger partial charge in [-0.1, -0.05) is 0 Å². The molecule has 17 heteroatoms. The fraction of sp³-hybridized carbons (Fsp3) is 1.00. The number of nitrogens with one attached hydrogen (secondary N) is 1. The Morgan fingerprint density at radius 2 is 1.08 bits per heavy atom. The maximum atomic E-state index is 10.9. The predicted molar refractivity (Wildman–Crippen MR) is 119 cm³/mol. The van der Waals surface area contributed by atoms with Crippen molar-refractivity contribution in [3.05, 3.63) is 0 Å². The highest BCUT2D eigenvalue weighted by Gasteiger charge is 2.52. The highest BCUT2D eigenvalue weighted by Crippen LogP contribution is 2.30. The molecule has 3 fully saturated rings. The van der Waals surface area contributed by atoms with Gasteiger partial charge in [0, 0.05) is 6.54 Å². The molecule has 0 saturated carbocycles. The Morgan fingerprint density at radius 1 is 0.579 bits per heavy atom. The van der Waals surface area contributed by atoms with Gasteiger partial charge >= 0.3 is 0 Å². The van der Waals surface area contributed by atoms with Gasteiger partial charge in [0.05, 0.1) is 26.4 Å². The van der Waals surface area contributed by atoms with Gasteiger partial charge in [-0.2, -0.15) is 0 Å². The van der Waals surface area contributed by atoms with Crippen LogP contribution in [-0.2, 0) is 28.4 Å². The van der Waals surface area contributed by atoms with Crippen LogP contribution < -0.4 is 5.32 Å². The molecule has 0 aromatic heterocycles. The Kier molecular flexibility index (Phi) is 12.0. The summed E-state index contributed by atoms with van der Waals surface area (Å²) in [6, 6.07) is 0. The molecule has 3 aliphatic rings. The zero-order chi connectivity index (χ0) is 28.1. The molecule has 38 heavy (non-hydrogen) atoms. The van der Waals surface area contributed by atoms with Crippen molar-refractivity contribution < 1.29 is 79.5 Å². The van der Waals surface area contributed by atoms with E-state index in [1.54, 1.807) is 7.05 Å². The summed E-state index contributed by atoms with van der Waals surface area (Å²) in [5, 5.41) is 104. The lowest BCUT2D eigenvalue weighted by Crippen LogP contribution is -2.65. The molecule has 0 amide bonds. The number of ether oxygens (including phenoxy) is 6. The van der Waals surface area contributed by atoms with Crippen molar-refractivity contribution in [1.82, 2.24) is 5.32 Å². The summed E-state index contributed by atoms with van der Waals surface area (Å²) in [6.45, 7) is -1.53. The molecule has 3 aliphatic heterocycles. The van der Waals surface area contributed by atoms with E-state index >= 15 is 0 Å². The fourth-order valence-corrected chi connectivity index (χ4v) is 4.35. The summed E-state index contributed by atoms with van der Waals surface area (Å²) in [5.41, 5.74) is 0. The third kappa shape index (κ3) is 6.96. The van der Waals surface area contributed by atoms with E-state index in [4.69, 9.17) is 28.4 Å². The average molecular weight is 562 g/mol. The van der Waals surface area contributed by atoms with E-state index in [2.05, 4.69) is 5.32 Å². The van der Waals surface area contributed by atoms with Crippen LogP contribution in [-0.4, -0.2) is 183 Å². The largest absolute Gasteiger partial charge is 0.394 e. The van der Waals surface area contributed by atoms with Crippen LogP contribution in [0.1, 0.15) is 0 Å². The summed E-state index contributed by atoms with van der Waals surface area (Å²) >= 11 is 0. The Bertz CT molecular complexity index is 704. The summed E-state index contributed by atoms with van der Waals surface area (Å²) in [7, 11) is 1.66. The van der Waals surface area contributed by atoms with E-state index in [1.165, 1.54) is 0 Å². The molecule has 0 aromatic carbocycles. The van der Waals surface area contributed by atoms with E-state index in [0.29, 0.717) is 6.54 Å². The molecule has 11 N–H and O–H groups in total. The number of aliphatic hydroxyl groups excluding tert-OH is 10. The van der Waals surface area contributed by atoms with Crippen molar-refractivity contribution in [2.45, 2.75) is 92.1 Å². The normalized spacial score (nSPS) is 48.2. The Labute approximate surface area is 217 Å². The summed E-state index contributed by atoms with van der Waals surface area (Å²) in [4.78, 5) is 0. The molecular formula is C21H39NO16. The van der Waals surface area contributed by atoms with E-state index < -0.39 is 112 Å². The molecule has 0 bridgehead atoms. The molecule has 0 aromatic rings. The van der Waals surface area contributed by atoms with Crippen LogP contribution in [0.25, 0.3) is 0 Å². The smallest absolute Gasteiger partial charge is 0.187 e. The average Bonchev–Trinajstić information content (AvgIpc) is 2.91. The van der Waals surface area contributed by atoms with E-state index in [1.807, 2.05) is 0 Å². The number of hydrogen-bond donors (Lipinski definition) is 11. The first-order valence-corrected chi connectivity index (χ1v) is 12.2. The first-order chi connectivity index (χ1) is 18.0. The van der Waals surface area contributed by atoms with Gasteiger partial charge in [-0.3, -0.25) is 0 Å². The van der Waals surface area contributed by atoms with Crippen LogP contribution in [0.15, 0.2) is 0 Å². The first-order valence-electron chi connectivity index (χ1n) is 12.2. The first kappa shape index (κ1) is 31.8. The van der Waals surface area contributed by atoms with Crippen LogP contribution in [0.3, 0.4) is 0 Å². The van der Waals surface area contributed by atoms with Gasteiger partial charge in [-0.25, -0.2) is 0 Å². The number of hydrogen-bond acceptors (Lipinski definition) is 17. The molecule has 0 spiro atoms. The molecule has 1 unspecified atom stereocenters. The Morgan fingerprint density at radius 3 is 1.63 bits per heavy atom. The minimum atomic E-state index is -1.82. The zero-order valence-electron chi connectivity index (χ0n) is 20.6. The van der Waals surface area contributed by atoms with Crippen molar-refractivity contribution in [2.75, 3.05) is 40.0 Å². The van der Waals surface area contributed by atoms with Crippen LogP contribution in [0, 0.1) is 0 Å². The molecule has 3 saturated heterocycles. The van der Waals surface area contributed by atoms with Gasteiger partial charge in [-0.05, 0) is 7.05 Å². The zero-order valence-corrected chi connectivity index (χ0v) is 20.6. The third-order valence-electron chi connectivity index (χ3n) is 6.69. The molecule has 3 heterocycles. The highest BCUT2D eigenvalue weighted by atomic mass is 16.7. The van der Waals surface area contributed by atoms with Gasteiger partial charge < -0.3 is 84.8 Å². The molecule has 0 aliphatic carbocycles. The Hall–Kier alpha value is -0.680. The standard InChI is InChI=1S/C21H39NO16/c1-22-2-3-33-20-17(32)18(38-21-16(31)14(29)11(26)8(5-24)36-21)12(27)9(37-20)6-34-19-15(30)13(28)10(25)7(4-23)35-19/h7-32H,2-6H2,1H3/t7-,8-,9-,10-,11-,12-,13?,14+,15+,16+,17+,18+,19+,20+,21-/m1/s1. The number of rotatable bonds is 11. The van der Waals surface area contributed by atoms with Gasteiger partial charge in [-0.15, -0.1) is 0 Å². The lowest BCUT2D eigenvalue weighted by molar-refractivity contribution is -0.366. The summed E-state index contributed by atoms with van der Waals surface area (Å²) in [6.07, 6.45) is -23.7. The van der Waals surface area contributed by atoms with Crippen LogP contribution in [0.5, 0.6) is 0 Å². The highest BCUT2D eigenvalue weighted by molar-refractivity contribution is 4.95. The summed E-state index contributed by atoms with van der Waals surface area (Å²) in [5.74, 6) is 0. The van der Waals surface area contributed by atoms with Crippen molar-refractivity contribution >= 4 is 0 Å². The van der Waals surface area contributed by atoms with Crippen molar-refractivity contribution in [3.8, 4) is 0 Å². The Balaban J connectivity index is 1.73. The molecular weight excluding hydrogens is 522 g/mol. The third-order valence-corrected chi connectivity index (χ3v) is 6.69. The second-order valence-corrected chi connectivity index (χ2v) is 9.33. The maximum absolute atomic E-state index is 10.9. The van der Waals surface area contributed by atoms with Crippen LogP contribution >= 0.6 is 0 Å². The van der Waals surface area contributed by atoms with Crippen LogP contribution in [0.4, 0.5) is 0 Å². The second kappa shape index (κ2) is 14.3. The van der Waals surface area contributed by atoms with Crippen molar-refractivity contribution in [2.24, 2.45) is 0 Å². The number of likely N-dealkylation sites (N-methyl/N-ethyl adjacent to an activating group) is 1.